The van der Waals surface area contributed by atoms with Crippen LogP contribution in [-0.4, -0.2) is 53.8 Å². The maximum atomic E-state index is 4.35. The van der Waals surface area contributed by atoms with Gasteiger partial charge in [-0.1, -0.05) is 19.8 Å². The van der Waals surface area contributed by atoms with Gasteiger partial charge in [-0.15, -0.1) is 5.10 Å². The topological polar surface area (TPSA) is 66.0 Å². The third kappa shape index (κ3) is 6.34. The van der Waals surface area contributed by atoms with Gasteiger partial charge in [-0.2, -0.15) is 10.1 Å². The Kier molecular flexibility index (Phi) is 7.01. The summed E-state index contributed by atoms with van der Waals surface area (Å²) in [6, 6.07) is 0. The van der Waals surface area contributed by atoms with Crippen molar-refractivity contribution in [1.82, 2.24) is 20.1 Å². The van der Waals surface area contributed by atoms with Crippen LogP contribution in [0.15, 0.2) is 6.20 Å². The molecule has 0 radical (unpaired) electrons. The SMILES string of the molecule is CCCCCNc1nncc(NCCN(C)C)n1. The van der Waals surface area contributed by atoms with E-state index in [9.17, 15) is 0 Å². The number of hydrogen-bond donors (Lipinski definition) is 2. The van der Waals surface area contributed by atoms with Crippen molar-refractivity contribution in [1.29, 1.82) is 0 Å². The Bertz CT molecular complexity index is 328. The number of nitrogens with one attached hydrogen (secondary N) is 2. The van der Waals surface area contributed by atoms with Gasteiger partial charge in [0.15, 0.2) is 5.82 Å². The Hall–Kier alpha value is -1.43. The zero-order valence-electron chi connectivity index (χ0n) is 11.6. The number of aromatic nitrogens is 3. The number of rotatable bonds is 9. The fourth-order valence-electron chi connectivity index (χ4n) is 1.45. The van der Waals surface area contributed by atoms with E-state index in [0.717, 1.165) is 31.9 Å². The predicted octanol–water partition coefficient (Wildman–Crippen LogP) is 1.45. The summed E-state index contributed by atoms with van der Waals surface area (Å²) in [5, 5.41) is 14.3. The number of nitrogens with zero attached hydrogens (tertiary/aromatic N) is 4. The molecule has 2 N–H and O–H groups in total. The lowest BCUT2D eigenvalue weighted by molar-refractivity contribution is 0.425. The van der Waals surface area contributed by atoms with Crippen molar-refractivity contribution in [2.24, 2.45) is 0 Å². The molecule has 0 aliphatic rings. The minimum Gasteiger partial charge on any atom is -0.367 e. The second-order valence-corrected chi connectivity index (χ2v) is 4.53. The highest BCUT2D eigenvalue weighted by molar-refractivity contribution is 5.36. The average Bonchev–Trinajstić information content (AvgIpc) is 2.35. The summed E-state index contributed by atoms with van der Waals surface area (Å²) in [6.45, 7) is 4.90. The van der Waals surface area contributed by atoms with Crippen molar-refractivity contribution in [3.05, 3.63) is 6.20 Å². The Balaban J connectivity index is 2.32. The Morgan fingerprint density at radius 3 is 2.72 bits per heavy atom. The lowest BCUT2D eigenvalue weighted by Crippen LogP contribution is -2.21. The van der Waals surface area contributed by atoms with Gasteiger partial charge in [-0.3, -0.25) is 0 Å². The molecular formula is C12H24N6. The fraction of sp³-hybridized carbons (Fsp3) is 0.750. The molecule has 0 fully saturated rings. The first-order valence-electron chi connectivity index (χ1n) is 6.54. The largest absolute Gasteiger partial charge is 0.367 e. The molecule has 0 amide bonds. The van der Waals surface area contributed by atoms with E-state index < -0.39 is 0 Å². The fourth-order valence-corrected chi connectivity index (χ4v) is 1.45. The third-order valence-electron chi connectivity index (χ3n) is 2.49. The molecule has 0 unspecified atom stereocenters. The maximum absolute atomic E-state index is 4.35. The van der Waals surface area contributed by atoms with Crippen LogP contribution in [0.4, 0.5) is 11.8 Å². The van der Waals surface area contributed by atoms with E-state index in [0.29, 0.717) is 5.95 Å². The highest BCUT2D eigenvalue weighted by Crippen LogP contribution is 2.03. The summed E-state index contributed by atoms with van der Waals surface area (Å²) in [7, 11) is 4.08. The van der Waals surface area contributed by atoms with E-state index in [1.807, 2.05) is 14.1 Å². The molecule has 0 saturated heterocycles. The van der Waals surface area contributed by atoms with Crippen LogP contribution >= 0.6 is 0 Å². The van der Waals surface area contributed by atoms with E-state index in [1.54, 1.807) is 6.20 Å². The quantitative estimate of drug-likeness (QED) is 0.648. The molecule has 0 spiro atoms. The molecule has 1 aromatic heterocycles. The lowest BCUT2D eigenvalue weighted by Gasteiger charge is -2.11. The zero-order valence-corrected chi connectivity index (χ0v) is 11.6. The van der Waals surface area contributed by atoms with Crippen LogP contribution in [0.1, 0.15) is 26.2 Å². The molecule has 1 aromatic rings. The van der Waals surface area contributed by atoms with E-state index in [-0.39, 0.29) is 0 Å². The van der Waals surface area contributed by atoms with Crippen molar-refractivity contribution in [3.8, 4) is 0 Å². The normalized spacial score (nSPS) is 10.7. The van der Waals surface area contributed by atoms with Gasteiger partial charge >= 0.3 is 0 Å². The summed E-state index contributed by atoms with van der Waals surface area (Å²) >= 11 is 0. The molecule has 0 saturated carbocycles. The molecule has 18 heavy (non-hydrogen) atoms. The first kappa shape index (κ1) is 14.6. The number of unbranched alkanes of at least 4 members (excludes halogenated alkanes) is 2. The van der Waals surface area contributed by atoms with Gasteiger partial charge in [0, 0.05) is 19.6 Å². The molecule has 102 valence electrons. The van der Waals surface area contributed by atoms with Crippen LogP contribution in [-0.2, 0) is 0 Å². The van der Waals surface area contributed by atoms with Crippen LogP contribution in [0.5, 0.6) is 0 Å². The standard InChI is InChI=1S/C12H24N6/c1-4-5-6-7-14-12-16-11(10-15-17-12)13-8-9-18(2)3/h10H,4-9H2,1-3H3,(H2,13,14,16,17). The number of likely N-dealkylation sites (N-methyl/N-ethyl adjacent to an activating group) is 1. The molecule has 0 bridgehead atoms. The van der Waals surface area contributed by atoms with Crippen molar-refractivity contribution >= 4 is 11.8 Å². The van der Waals surface area contributed by atoms with Gasteiger partial charge in [-0.25, -0.2) is 0 Å². The van der Waals surface area contributed by atoms with Gasteiger partial charge in [0.2, 0.25) is 5.95 Å². The van der Waals surface area contributed by atoms with Crippen molar-refractivity contribution in [2.75, 3.05) is 44.4 Å². The summed E-state index contributed by atoms with van der Waals surface area (Å²) in [6.07, 6.45) is 5.22. The highest BCUT2D eigenvalue weighted by Gasteiger charge is 1.99. The first-order chi connectivity index (χ1) is 8.72. The zero-order chi connectivity index (χ0) is 13.2. The van der Waals surface area contributed by atoms with E-state index in [1.165, 1.54) is 12.8 Å². The predicted molar refractivity (Wildman–Crippen MR) is 74.9 cm³/mol. The van der Waals surface area contributed by atoms with Crippen LogP contribution < -0.4 is 10.6 Å². The third-order valence-corrected chi connectivity index (χ3v) is 2.49. The molecule has 1 rings (SSSR count). The second-order valence-electron chi connectivity index (χ2n) is 4.53. The second kappa shape index (κ2) is 8.63. The Morgan fingerprint density at radius 1 is 1.17 bits per heavy atom. The van der Waals surface area contributed by atoms with Gasteiger partial charge in [-0.05, 0) is 20.5 Å². The van der Waals surface area contributed by atoms with Crippen molar-refractivity contribution in [3.63, 3.8) is 0 Å². The minimum atomic E-state index is 0.598. The molecular weight excluding hydrogens is 228 g/mol. The highest BCUT2D eigenvalue weighted by atomic mass is 15.3. The molecule has 0 aliphatic heterocycles. The van der Waals surface area contributed by atoms with E-state index >= 15 is 0 Å². The Morgan fingerprint density at radius 2 is 2.00 bits per heavy atom. The monoisotopic (exact) mass is 252 g/mol. The Labute approximate surface area is 109 Å². The van der Waals surface area contributed by atoms with Gasteiger partial charge < -0.3 is 15.5 Å². The molecule has 1 heterocycles. The summed E-state index contributed by atoms with van der Waals surface area (Å²) < 4.78 is 0. The number of anilines is 2. The van der Waals surface area contributed by atoms with Gasteiger partial charge in [0.1, 0.15) is 0 Å². The van der Waals surface area contributed by atoms with Crippen LogP contribution in [0.25, 0.3) is 0 Å². The van der Waals surface area contributed by atoms with Crippen molar-refractivity contribution in [2.45, 2.75) is 26.2 Å². The van der Waals surface area contributed by atoms with E-state index in [2.05, 4.69) is 37.6 Å². The summed E-state index contributed by atoms with van der Waals surface area (Å²) in [4.78, 5) is 6.47. The van der Waals surface area contributed by atoms with Gasteiger partial charge in [0.25, 0.3) is 0 Å². The van der Waals surface area contributed by atoms with Crippen LogP contribution in [0, 0.1) is 0 Å². The molecule has 0 atom stereocenters. The van der Waals surface area contributed by atoms with Gasteiger partial charge in [0.05, 0.1) is 6.20 Å². The summed E-state index contributed by atoms with van der Waals surface area (Å²) in [5.41, 5.74) is 0. The molecule has 0 aliphatic carbocycles. The smallest absolute Gasteiger partial charge is 0.244 e. The average molecular weight is 252 g/mol. The van der Waals surface area contributed by atoms with Crippen LogP contribution in [0.3, 0.4) is 0 Å². The maximum Gasteiger partial charge on any atom is 0.244 e. The first-order valence-corrected chi connectivity index (χ1v) is 6.54. The lowest BCUT2D eigenvalue weighted by atomic mass is 10.2. The van der Waals surface area contributed by atoms with E-state index in [4.69, 9.17) is 0 Å². The summed E-state index contributed by atoms with van der Waals surface area (Å²) in [5.74, 6) is 1.37. The molecule has 0 aromatic carbocycles. The van der Waals surface area contributed by atoms with Crippen LogP contribution in [0.2, 0.25) is 0 Å². The molecule has 6 heteroatoms. The minimum absolute atomic E-state index is 0.598. The number of hydrogen-bond acceptors (Lipinski definition) is 6. The molecule has 6 nitrogen and oxygen atoms in total. The van der Waals surface area contributed by atoms with Crippen molar-refractivity contribution < 1.29 is 0 Å².